The van der Waals surface area contributed by atoms with Gasteiger partial charge in [-0.25, -0.2) is 0 Å². The van der Waals surface area contributed by atoms with Gasteiger partial charge in [0.15, 0.2) is 0 Å². The van der Waals surface area contributed by atoms with E-state index in [1.807, 2.05) is 0 Å². The molecule has 0 heterocycles. The predicted molar refractivity (Wildman–Crippen MR) is 80.3 cm³/mol. The third-order valence-electron chi connectivity index (χ3n) is 4.44. The van der Waals surface area contributed by atoms with Gasteiger partial charge < -0.3 is 10.5 Å². The molecule has 1 aliphatic rings. The van der Waals surface area contributed by atoms with E-state index in [2.05, 4.69) is 38.1 Å². The fourth-order valence-electron chi connectivity index (χ4n) is 3.40. The standard InChI is InChI=1S/C17H27NO/c1-16(2,13-19-3)14-9-5-6-10-15(14)17(18)11-7-4-8-12-17/h5-6,9-10H,4,7-8,11-13,18H2,1-3H3. The number of hydrogen-bond donors (Lipinski definition) is 1. The molecule has 0 aliphatic heterocycles. The Morgan fingerprint density at radius 2 is 1.79 bits per heavy atom. The smallest absolute Gasteiger partial charge is 0.0553 e. The van der Waals surface area contributed by atoms with Crippen molar-refractivity contribution < 1.29 is 4.74 Å². The van der Waals surface area contributed by atoms with E-state index in [0.717, 1.165) is 19.4 Å². The second kappa shape index (κ2) is 5.64. The van der Waals surface area contributed by atoms with Crippen molar-refractivity contribution in [3.63, 3.8) is 0 Å². The first-order chi connectivity index (χ1) is 8.99. The Hall–Kier alpha value is -0.860. The van der Waals surface area contributed by atoms with Gasteiger partial charge in [-0.3, -0.25) is 0 Å². The highest BCUT2D eigenvalue weighted by Crippen LogP contribution is 2.39. The monoisotopic (exact) mass is 261 g/mol. The molecular weight excluding hydrogens is 234 g/mol. The van der Waals surface area contributed by atoms with Crippen LogP contribution in [-0.2, 0) is 15.7 Å². The summed E-state index contributed by atoms with van der Waals surface area (Å²) < 4.78 is 5.40. The van der Waals surface area contributed by atoms with Gasteiger partial charge in [-0.1, -0.05) is 57.4 Å². The van der Waals surface area contributed by atoms with E-state index >= 15 is 0 Å². The fraction of sp³-hybridized carbons (Fsp3) is 0.647. The molecule has 2 rings (SSSR count). The molecule has 1 fully saturated rings. The third kappa shape index (κ3) is 3.01. The van der Waals surface area contributed by atoms with Crippen molar-refractivity contribution in [1.29, 1.82) is 0 Å². The summed E-state index contributed by atoms with van der Waals surface area (Å²) in [6.45, 7) is 5.20. The number of nitrogens with two attached hydrogens (primary N) is 1. The summed E-state index contributed by atoms with van der Waals surface area (Å²) in [5, 5.41) is 0. The van der Waals surface area contributed by atoms with Crippen LogP contribution in [0, 0.1) is 0 Å². The van der Waals surface area contributed by atoms with Crippen LogP contribution >= 0.6 is 0 Å². The molecule has 1 aromatic carbocycles. The van der Waals surface area contributed by atoms with Crippen molar-refractivity contribution in [3.8, 4) is 0 Å². The molecular formula is C17H27NO. The number of rotatable bonds is 4. The second-order valence-electron chi connectivity index (χ2n) is 6.58. The van der Waals surface area contributed by atoms with E-state index in [-0.39, 0.29) is 11.0 Å². The number of methoxy groups -OCH3 is 1. The summed E-state index contributed by atoms with van der Waals surface area (Å²) in [5.74, 6) is 0. The number of benzene rings is 1. The molecule has 0 aromatic heterocycles. The summed E-state index contributed by atoms with van der Waals surface area (Å²) in [6, 6.07) is 8.67. The Kier molecular flexibility index (Phi) is 4.32. The quantitative estimate of drug-likeness (QED) is 0.896. The molecule has 0 amide bonds. The van der Waals surface area contributed by atoms with Crippen LogP contribution in [0.2, 0.25) is 0 Å². The van der Waals surface area contributed by atoms with Crippen LogP contribution < -0.4 is 5.73 Å². The van der Waals surface area contributed by atoms with Gasteiger partial charge in [0.25, 0.3) is 0 Å². The maximum Gasteiger partial charge on any atom is 0.0553 e. The van der Waals surface area contributed by atoms with Gasteiger partial charge in [0.1, 0.15) is 0 Å². The zero-order chi connectivity index (χ0) is 13.9. The maximum atomic E-state index is 6.73. The van der Waals surface area contributed by atoms with Gasteiger partial charge in [-0.05, 0) is 24.0 Å². The minimum Gasteiger partial charge on any atom is -0.384 e. The molecule has 2 nitrogen and oxygen atoms in total. The van der Waals surface area contributed by atoms with Crippen LogP contribution in [0.25, 0.3) is 0 Å². The minimum absolute atomic E-state index is 0.00909. The lowest BCUT2D eigenvalue weighted by molar-refractivity contribution is 0.145. The summed E-state index contributed by atoms with van der Waals surface area (Å²) in [7, 11) is 1.77. The number of hydrogen-bond acceptors (Lipinski definition) is 2. The van der Waals surface area contributed by atoms with Crippen molar-refractivity contribution in [2.45, 2.75) is 56.9 Å². The molecule has 106 valence electrons. The van der Waals surface area contributed by atoms with Gasteiger partial charge in [0.05, 0.1) is 6.61 Å². The minimum atomic E-state index is -0.139. The van der Waals surface area contributed by atoms with Gasteiger partial charge in [-0.15, -0.1) is 0 Å². The van der Waals surface area contributed by atoms with Gasteiger partial charge >= 0.3 is 0 Å². The highest BCUT2D eigenvalue weighted by Gasteiger charge is 2.34. The van der Waals surface area contributed by atoms with E-state index < -0.39 is 0 Å². The van der Waals surface area contributed by atoms with Gasteiger partial charge in [0.2, 0.25) is 0 Å². The van der Waals surface area contributed by atoms with E-state index in [1.54, 1.807) is 7.11 Å². The Morgan fingerprint density at radius 1 is 1.16 bits per heavy atom. The largest absolute Gasteiger partial charge is 0.384 e. The first-order valence-corrected chi connectivity index (χ1v) is 7.37. The van der Waals surface area contributed by atoms with Crippen molar-refractivity contribution >= 4 is 0 Å². The first kappa shape index (κ1) is 14.5. The zero-order valence-electron chi connectivity index (χ0n) is 12.5. The molecule has 0 saturated heterocycles. The van der Waals surface area contributed by atoms with Crippen LogP contribution in [0.4, 0.5) is 0 Å². The van der Waals surface area contributed by atoms with Crippen molar-refractivity contribution in [1.82, 2.24) is 0 Å². The maximum absolute atomic E-state index is 6.73. The lowest BCUT2D eigenvalue weighted by atomic mass is 9.71. The molecule has 19 heavy (non-hydrogen) atoms. The molecule has 0 unspecified atom stereocenters. The topological polar surface area (TPSA) is 35.2 Å². The van der Waals surface area contributed by atoms with Gasteiger partial charge in [-0.2, -0.15) is 0 Å². The molecule has 0 bridgehead atoms. The molecule has 1 aliphatic carbocycles. The summed E-state index contributed by atoms with van der Waals surface area (Å²) in [4.78, 5) is 0. The van der Waals surface area contributed by atoms with Crippen molar-refractivity contribution in [2.75, 3.05) is 13.7 Å². The average molecular weight is 261 g/mol. The van der Waals surface area contributed by atoms with E-state index in [9.17, 15) is 0 Å². The molecule has 2 heteroatoms. The summed E-state index contributed by atoms with van der Waals surface area (Å²) in [5.41, 5.74) is 9.28. The van der Waals surface area contributed by atoms with E-state index in [4.69, 9.17) is 10.5 Å². The second-order valence-corrected chi connectivity index (χ2v) is 6.58. The fourth-order valence-corrected chi connectivity index (χ4v) is 3.40. The Labute approximate surface area is 117 Å². The normalized spacial score (nSPS) is 19.4. The average Bonchev–Trinajstić information content (AvgIpc) is 2.40. The molecule has 0 atom stereocenters. The lowest BCUT2D eigenvalue weighted by Gasteiger charge is -2.38. The van der Waals surface area contributed by atoms with Crippen LogP contribution in [0.15, 0.2) is 24.3 Å². The predicted octanol–water partition coefficient (Wildman–Crippen LogP) is 3.73. The summed E-state index contributed by atoms with van der Waals surface area (Å²) in [6.07, 6.45) is 6.02. The van der Waals surface area contributed by atoms with Crippen LogP contribution in [0.3, 0.4) is 0 Å². The van der Waals surface area contributed by atoms with Crippen LogP contribution in [0.1, 0.15) is 57.1 Å². The lowest BCUT2D eigenvalue weighted by Crippen LogP contribution is -2.41. The first-order valence-electron chi connectivity index (χ1n) is 7.37. The third-order valence-corrected chi connectivity index (χ3v) is 4.44. The van der Waals surface area contributed by atoms with E-state index in [0.29, 0.717) is 0 Å². The molecule has 0 spiro atoms. The SMILES string of the molecule is COCC(C)(C)c1ccccc1C1(N)CCCCC1. The van der Waals surface area contributed by atoms with Crippen molar-refractivity contribution in [2.24, 2.45) is 5.73 Å². The molecule has 2 N–H and O–H groups in total. The molecule has 1 aromatic rings. The summed E-state index contributed by atoms with van der Waals surface area (Å²) >= 11 is 0. The Morgan fingerprint density at radius 3 is 2.42 bits per heavy atom. The number of ether oxygens (including phenoxy) is 1. The Balaban J connectivity index is 2.40. The highest BCUT2D eigenvalue weighted by atomic mass is 16.5. The highest BCUT2D eigenvalue weighted by molar-refractivity contribution is 5.39. The van der Waals surface area contributed by atoms with Crippen LogP contribution in [-0.4, -0.2) is 13.7 Å². The van der Waals surface area contributed by atoms with Gasteiger partial charge in [0, 0.05) is 18.1 Å². The zero-order valence-corrected chi connectivity index (χ0v) is 12.5. The molecule has 0 radical (unpaired) electrons. The van der Waals surface area contributed by atoms with Crippen molar-refractivity contribution in [3.05, 3.63) is 35.4 Å². The Bertz CT molecular complexity index is 419. The van der Waals surface area contributed by atoms with E-state index in [1.165, 1.54) is 30.4 Å². The molecule has 1 saturated carbocycles. The van der Waals surface area contributed by atoms with Crippen LogP contribution in [0.5, 0.6) is 0 Å².